The lowest BCUT2D eigenvalue weighted by Gasteiger charge is -2.25. The molecular weight excluding hydrogens is 391 g/mol. The molecule has 0 bridgehead atoms. The number of rotatable bonds is 6. The van der Waals surface area contributed by atoms with Crippen molar-refractivity contribution in [3.05, 3.63) is 70.0 Å². The Bertz CT molecular complexity index is 1020. The zero-order chi connectivity index (χ0) is 20.2. The third-order valence-corrected chi connectivity index (χ3v) is 6.22. The molecule has 1 heterocycles. The second-order valence-electron chi connectivity index (χ2n) is 7.16. The molecule has 4 rings (SSSR count). The molecule has 6 nitrogen and oxygen atoms in total. The van der Waals surface area contributed by atoms with Gasteiger partial charge in [0.05, 0.1) is 10.5 Å². The van der Waals surface area contributed by atoms with Crippen LogP contribution in [0.2, 0.25) is 0 Å². The molecule has 1 fully saturated rings. The Hall–Kier alpha value is -2.74. The molecule has 0 N–H and O–H groups in total. The fraction of sp³-hybridized carbons (Fsp3) is 0.333. The maximum absolute atomic E-state index is 14.5. The maximum Gasteiger partial charge on any atom is 0.269 e. The highest BCUT2D eigenvalue weighted by atomic mass is 32.2. The van der Waals surface area contributed by atoms with E-state index in [0.717, 1.165) is 36.4 Å². The minimum Gasteiger partial charge on any atom is -0.299 e. The number of nitrogens with zero attached hydrogens (tertiary/aromatic N) is 4. The first-order valence-corrected chi connectivity index (χ1v) is 10.7. The first-order chi connectivity index (χ1) is 14.1. The zero-order valence-electron chi connectivity index (χ0n) is 15.8. The average Bonchev–Trinajstić information content (AvgIpc) is 3.17. The van der Waals surface area contributed by atoms with Crippen LogP contribution in [0.15, 0.2) is 53.7 Å². The molecule has 0 radical (unpaired) electrons. The van der Waals surface area contributed by atoms with Crippen LogP contribution < -0.4 is 0 Å². The Morgan fingerprint density at radius 1 is 1.10 bits per heavy atom. The molecule has 1 saturated carbocycles. The number of nitro groups is 1. The summed E-state index contributed by atoms with van der Waals surface area (Å²) in [4.78, 5) is 10.6. The van der Waals surface area contributed by atoms with Gasteiger partial charge < -0.3 is 0 Å². The number of halogens is 1. The number of benzene rings is 2. The summed E-state index contributed by atoms with van der Waals surface area (Å²) in [6, 6.07) is 13.5. The summed E-state index contributed by atoms with van der Waals surface area (Å²) in [5, 5.41) is 20.4. The van der Waals surface area contributed by atoms with Gasteiger partial charge in [-0.2, -0.15) is 0 Å². The van der Waals surface area contributed by atoms with Crippen molar-refractivity contribution in [1.82, 2.24) is 14.8 Å². The SMILES string of the molecule is O=[N+]([O-])c1cccc(CSc2nnc(-c3ccccc3F)n2C2CCCCC2)c1. The summed E-state index contributed by atoms with van der Waals surface area (Å²) >= 11 is 1.48. The number of hydrogen-bond acceptors (Lipinski definition) is 5. The van der Waals surface area contributed by atoms with Crippen LogP contribution in [0, 0.1) is 15.9 Å². The van der Waals surface area contributed by atoms with Crippen molar-refractivity contribution in [3.8, 4) is 11.4 Å². The van der Waals surface area contributed by atoms with Gasteiger partial charge in [0.15, 0.2) is 11.0 Å². The van der Waals surface area contributed by atoms with Gasteiger partial charge >= 0.3 is 0 Å². The molecule has 0 unspecified atom stereocenters. The smallest absolute Gasteiger partial charge is 0.269 e. The lowest BCUT2D eigenvalue weighted by atomic mass is 9.95. The molecular formula is C21H21FN4O2S. The summed E-state index contributed by atoms with van der Waals surface area (Å²) in [7, 11) is 0. The van der Waals surface area contributed by atoms with Gasteiger partial charge in [0.25, 0.3) is 5.69 Å². The molecule has 2 aromatic carbocycles. The number of aromatic nitrogens is 3. The van der Waals surface area contributed by atoms with Crippen molar-refractivity contribution >= 4 is 17.4 Å². The minimum absolute atomic E-state index is 0.0730. The number of thioether (sulfide) groups is 1. The van der Waals surface area contributed by atoms with Crippen molar-refractivity contribution < 1.29 is 9.31 Å². The van der Waals surface area contributed by atoms with E-state index in [1.54, 1.807) is 30.3 Å². The van der Waals surface area contributed by atoms with Gasteiger partial charge in [0.2, 0.25) is 0 Å². The average molecular weight is 412 g/mol. The summed E-state index contributed by atoms with van der Waals surface area (Å²) in [5.74, 6) is 0.771. The Labute approximate surface area is 172 Å². The summed E-state index contributed by atoms with van der Waals surface area (Å²) in [6.07, 6.45) is 5.51. The monoisotopic (exact) mass is 412 g/mol. The Balaban J connectivity index is 1.65. The van der Waals surface area contributed by atoms with Crippen LogP contribution >= 0.6 is 11.8 Å². The molecule has 1 aliphatic rings. The molecule has 0 aliphatic heterocycles. The lowest BCUT2D eigenvalue weighted by Crippen LogP contribution is -2.15. The topological polar surface area (TPSA) is 73.8 Å². The van der Waals surface area contributed by atoms with E-state index < -0.39 is 4.92 Å². The second kappa shape index (κ2) is 8.73. The first-order valence-electron chi connectivity index (χ1n) is 9.69. The molecule has 8 heteroatoms. The van der Waals surface area contributed by atoms with Gasteiger partial charge in [-0.3, -0.25) is 14.7 Å². The number of nitro benzene ring substituents is 1. The van der Waals surface area contributed by atoms with Crippen LogP contribution in [-0.2, 0) is 5.75 Å². The molecule has 29 heavy (non-hydrogen) atoms. The van der Waals surface area contributed by atoms with Crippen LogP contribution in [0.5, 0.6) is 0 Å². The van der Waals surface area contributed by atoms with Gasteiger partial charge in [-0.15, -0.1) is 10.2 Å². The highest BCUT2D eigenvalue weighted by Gasteiger charge is 2.25. The fourth-order valence-electron chi connectivity index (χ4n) is 3.78. The van der Waals surface area contributed by atoms with E-state index in [4.69, 9.17) is 0 Å². The predicted molar refractivity (Wildman–Crippen MR) is 110 cm³/mol. The highest BCUT2D eigenvalue weighted by Crippen LogP contribution is 2.37. The Kier molecular flexibility index (Phi) is 5.89. The van der Waals surface area contributed by atoms with Crippen molar-refractivity contribution in [2.45, 2.75) is 49.1 Å². The van der Waals surface area contributed by atoms with E-state index in [2.05, 4.69) is 14.8 Å². The summed E-state index contributed by atoms with van der Waals surface area (Å²) < 4.78 is 16.5. The molecule has 150 valence electrons. The molecule has 3 aromatic rings. The van der Waals surface area contributed by atoms with Crippen LogP contribution in [-0.4, -0.2) is 19.7 Å². The molecule has 0 amide bonds. The fourth-order valence-corrected chi connectivity index (χ4v) is 4.73. The largest absolute Gasteiger partial charge is 0.299 e. The van der Waals surface area contributed by atoms with Crippen molar-refractivity contribution in [2.24, 2.45) is 0 Å². The third-order valence-electron chi connectivity index (χ3n) is 5.21. The minimum atomic E-state index is -0.394. The van der Waals surface area contributed by atoms with Gasteiger partial charge in [-0.05, 0) is 30.5 Å². The quantitative estimate of drug-likeness (QED) is 0.291. The first kappa shape index (κ1) is 19.6. The lowest BCUT2D eigenvalue weighted by molar-refractivity contribution is -0.384. The second-order valence-corrected chi connectivity index (χ2v) is 8.11. The van der Waals surface area contributed by atoms with Gasteiger partial charge in [0.1, 0.15) is 5.82 Å². The van der Waals surface area contributed by atoms with E-state index in [0.29, 0.717) is 17.1 Å². The number of hydrogen-bond donors (Lipinski definition) is 0. The van der Waals surface area contributed by atoms with E-state index in [-0.39, 0.29) is 17.5 Å². The van der Waals surface area contributed by atoms with E-state index >= 15 is 0 Å². The molecule has 0 saturated heterocycles. The normalized spacial score (nSPS) is 14.8. The Morgan fingerprint density at radius 3 is 2.66 bits per heavy atom. The maximum atomic E-state index is 14.5. The molecule has 1 aliphatic carbocycles. The molecule has 0 atom stereocenters. The van der Waals surface area contributed by atoms with Gasteiger partial charge in [-0.1, -0.05) is 55.3 Å². The van der Waals surface area contributed by atoms with E-state index in [9.17, 15) is 14.5 Å². The van der Waals surface area contributed by atoms with Crippen LogP contribution in [0.1, 0.15) is 43.7 Å². The van der Waals surface area contributed by atoms with Crippen LogP contribution in [0.3, 0.4) is 0 Å². The molecule has 0 spiro atoms. The van der Waals surface area contributed by atoms with Gasteiger partial charge in [0, 0.05) is 23.9 Å². The van der Waals surface area contributed by atoms with Crippen molar-refractivity contribution in [3.63, 3.8) is 0 Å². The zero-order valence-corrected chi connectivity index (χ0v) is 16.6. The van der Waals surface area contributed by atoms with Gasteiger partial charge in [-0.25, -0.2) is 4.39 Å². The van der Waals surface area contributed by atoms with Crippen molar-refractivity contribution in [2.75, 3.05) is 0 Å². The van der Waals surface area contributed by atoms with Crippen LogP contribution in [0.4, 0.5) is 10.1 Å². The van der Waals surface area contributed by atoms with E-state index in [1.807, 2.05) is 6.07 Å². The third kappa shape index (κ3) is 4.32. The van der Waals surface area contributed by atoms with Crippen LogP contribution in [0.25, 0.3) is 11.4 Å². The number of non-ortho nitro benzene ring substituents is 1. The summed E-state index contributed by atoms with van der Waals surface area (Å²) in [6.45, 7) is 0. The molecule has 1 aromatic heterocycles. The Morgan fingerprint density at radius 2 is 1.90 bits per heavy atom. The highest BCUT2D eigenvalue weighted by molar-refractivity contribution is 7.98. The predicted octanol–water partition coefficient (Wildman–Crippen LogP) is 5.79. The van der Waals surface area contributed by atoms with Crippen molar-refractivity contribution in [1.29, 1.82) is 0 Å². The summed E-state index contributed by atoms with van der Waals surface area (Å²) in [5.41, 5.74) is 1.37. The standard InChI is InChI=1S/C21H21FN4O2S/c22-19-12-5-4-11-18(19)20-23-24-21(25(20)16-8-2-1-3-9-16)29-14-15-7-6-10-17(13-15)26(27)28/h4-7,10-13,16H,1-3,8-9,14H2. The van der Waals surface area contributed by atoms with E-state index in [1.165, 1.54) is 30.3 Å².